The van der Waals surface area contributed by atoms with Crippen molar-refractivity contribution >= 4 is 5.78 Å². The van der Waals surface area contributed by atoms with E-state index in [-0.39, 0.29) is 5.78 Å². The number of nitrogens with one attached hydrogen (secondary N) is 1. The van der Waals surface area contributed by atoms with Crippen molar-refractivity contribution in [2.75, 3.05) is 6.54 Å². The molecule has 0 saturated carbocycles. The maximum absolute atomic E-state index is 11.5. The van der Waals surface area contributed by atoms with Gasteiger partial charge in [-0.05, 0) is 0 Å². The monoisotopic (exact) mass is 161 g/mol. The van der Waals surface area contributed by atoms with Crippen LogP contribution in [0.3, 0.4) is 0 Å². The molecule has 12 heavy (non-hydrogen) atoms. The van der Waals surface area contributed by atoms with Gasteiger partial charge in [-0.1, -0.05) is 30.3 Å². The van der Waals surface area contributed by atoms with E-state index in [0.29, 0.717) is 12.5 Å². The summed E-state index contributed by atoms with van der Waals surface area (Å²) in [4.78, 5) is 11.5. The highest BCUT2D eigenvalue weighted by atomic mass is 16.1. The summed E-state index contributed by atoms with van der Waals surface area (Å²) in [6, 6.07) is 9.89. The van der Waals surface area contributed by atoms with E-state index in [1.165, 1.54) is 0 Å². The molecular formula is C10H11NO. The topological polar surface area (TPSA) is 39.0 Å². The summed E-state index contributed by atoms with van der Waals surface area (Å²) in [6.07, 6.45) is 0.643. The minimum Gasteiger partial charge on any atom is -0.311 e. The summed E-state index contributed by atoms with van der Waals surface area (Å²) >= 11 is 0. The number of hydrogen-bond donors (Lipinski definition) is 1. The third kappa shape index (κ3) is 1.71. The van der Waals surface area contributed by atoms with Crippen LogP contribution in [0.4, 0.5) is 0 Å². The quantitative estimate of drug-likeness (QED) is 0.535. The summed E-state index contributed by atoms with van der Waals surface area (Å²) < 4.78 is 0. The highest BCUT2D eigenvalue weighted by Crippen LogP contribution is 2.09. The molecule has 1 N–H and O–H groups in total. The van der Waals surface area contributed by atoms with E-state index in [1.807, 2.05) is 30.3 Å². The molecule has 0 radical (unpaired) electrons. The Balaban J connectivity index is 2.03. The first kappa shape index (κ1) is 7.50. The molecule has 1 unspecified atom stereocenters. The number of ketones is 1. The molecule has 2 rings (SSSR count). The lowest BCUT2D eigenvalue weighted by Crippen LogP contribution is -2.04. The summed E-state index contributed by atoms with van der Waals surface area (Å²) in [5, 5.41) is 3.11. The molecule has 2 heteroatoms. The van der Waals surface area contributed by atoms with Crippen LogP contribution in [0.2, 0.25) is 0 Å². The Hall–Kier alpha value is -1.15. The second-order valence-corrected chi connectivity index (χ2v) is 3.10. The van der Waals surface area contributed by atoms with Crippen LogP contribution in [-0.2, 0) is 0 Å². The number of rotatable bonds is 3. The minimum absolute atomic E-state index is 0.241. The summed E-state index contributed by atoms with van der Waals surface area (Å²) in [5.74, 6) is 0.241. The first-order chi connectivity index (χ1) is 5.86. The predicted molar refractivity (Wildman–Crippen MR) is 47.2 cm³/mol. The Bertz CT molecular complexity index is 277. The Morgan fingerprint density at radius 2 is 2.08 bits per heavy atom. The van der Waals surface area contributed by atoms with Crippen molar-refractivity contribution in [3.05, 3.63) is 35.9 Å². The molecular weight excluding hydrogens is 150 g/mol. The van der Waals surface area contributed by atoms with Crippen LogP contribution in [0.1, 0.15) is 16.8 Å². The second kappa shape index (κ2) is 3.07. The molecule has 0 bridgehead atoms. The van der Waals surface area contributed by atoms with Gasteiger partial charge >= 0.3 is 0 Å². The normalized spacial score (nSPS) is 20.5. The van der Waals surface area contributed by atoms with Crippen molar-refractivity contribution in [2.24, 2.45) is 0 Å². The van der Waals surface area contributed by atoms with Crippen molar-refractivity contribution < 1.29 is 4.79 Å². The molecule has 1 heterocycles. The number of benzene rings is 1. The van der Waals surface area contributed by atoms with E-state index < -0.39 is 0 Å². The fourth-order valence-electron chi connectivity index (χ4n) is 1.19. The summed E-state index contributed by atoms with van der Waals surface area (Å²) in [7, 11) is 0. The zero-order valence-electron chi connectivity index (χ0n) is 6.79. The van der Waals surface area contributed by atoms with Crippen LogP contribution >= 0.6 is 0 Å². The highest BCUT2D eigenvalue weighted by Gasteiger charge is 2.23. The van der Waals surface area contributed by atoms with Gasteiger partial charge in [0.05, 0.1) is 0 Å². The Kier molecular flexibility index (Phi) is 1.92. The molecule has 2 nitrogen and oxygen atoms in total. The summed E-state index contributed by atoms with van der Waals surface area (Å²) in [5.41, 5.74) is 0.825. The van der Waals surface area contributed by atoms with Crippen molar-refractivity contribution in [3.8, 4) is 0 Å². The van der Waals surface area contributed by atoms with Gasteiger partial charge in [-0.3, -0.25) is 4.79 Å². The third-order valence-electron chi connectivity index (χ3n) is 2.02. The SMILES string of the molecule is O=C(CC1CN1)c1ccccc1. The molecule has 1 aromatic rings. The van der Waals surface area contributed by atoms with Gasteiger partial charge in [0.25, 0.3) is 0 Å². The average molecular weight is 161 g/mol. The first-order valence-corrected chi connectivity index (χ1v) is 4.18. The first-order valence-electron chi connectivity index (χ1n) is 4.18. The molecule has 1 aromatic carbocycles. The third-order valence-corrected chi connectivity index (χ3v) is 2.02. The van der Waals surface area contributed by atoms with Gasteiger partial charge in [0, 0.05) is 24.6 Å². The number of hydrogen-bond acceptors (Lipinski definition) is 2. The molecule has 1 aliphatic rings. The molecule has 0 spiro atoms. The maximum atomic E-state index is 11.5. The molecule has 0 aliphatic carbocycles. The lowest BCUT2D eigenvalue weighted by molar-refractivity contribution is 0.0982. The molecule has 0 aromatic heterocycles. The van der Waals surface area contributed by atoms with E-state index in [4.69, 9.17) is 0 Å². The minimum atomic E-state index is 0.241. The smallest absolute Gasteiger partial charge is 0.164 e. The largest absolute Gasteiger partial charge is 0.311 e. The van der Waals surface area contributed by atoms with Crippen molar-refractivity contribution in [1.82, 2.24) is 5.32 Å². The molecule has 1 saturated heterocycles. The van der Waals surface area contributed by atoms with Crippen LogP contribution in [0.5, 0.6) is 0 Å². The molecule has 1 aliphatic heterocycles. The van der Waals surface area contributed by atoms with Crippen LogP contribution in [-0.4, -0.2) is 18.4 Å². The van der Waals surface area contributed by atoms with E-state index in [9.17, 15) is 4.79 Å². The number of carbonyl (C=O) groups excluding carboxylic acids is 1. The van der Waals surface area contributed by atoms with Gasteiger partial charge in [-0.25, -0.2) is 0 Å². The maximum Gasteiger partial charge on any atom is 0.164 e. The lowest BCUT2D eigenvalue weighted by atomic mass is 10.1. The van der Waals surface area contributed by atoms with Gasteiger partial charge < -0.3 is 5.32 Å². The van der Waals surface area contributed by atoms with Gasteiger partial charge in [-0.15, -0.1) is 0 Å². The van der Waals surface area contributed by atoms with Crippen molar-refractivity contribution in [2.45, 2.75) is 12.5 Å². The Morgan fingerprint density at radius 3 is 2.67 bits per heavy atom. The van der Waals surface area contributed by atoms with Crippen LogP contribution < -0.4 is 5.32 Å². The van der Waals surface area contributed by atoms with E-state index >= 15 is 0 Å². The number of Topliss-reactive ketones (excluding diaryl/α,β-unsaturated/α-hetero) is 1. The fourth-order valence-corrected chi connectivity index (χ4v) is 1.19. The molecule has 62 valence electrons. The van der Waals surface area contributed by atoms with Gasteiger partial charge in [0.2, 0.25) is 0 Å². The molecule has 1 fully saturated rings. The van der Waals surface area contributed by atoms with E-state index in [0.717, 1.165) is 12.1 Å². The Labute approximate surface area is 71.6 Å². The van der Waals surface area contributed by atoms with Crippen LogP contribution in [0.25, 0.3) is 0 Å². The second-order valence-electron chi connectivity index (χ2n) is 3.10. The number of carbonyl (C=O) groups is 1. The van der Waals surface area contributed by atoms with Crippen molar-refractivity contribution in [1.29, 1.82) is 0 Å². The predicted octanol–water partition coefficient (Wildman–Crippen LogP) is 1.23. The van der Waals surface area contributed by atoms with E-state index in [1.54, 1.807) is 0 Å². The summed E-state index contributed by atoms with van der Waals surface area (Å²) in [6.45, 7) is 0.999. The zero-order chi connectivity index (χ0) is 8.39. The highest BCUT2D eigenvalue weighted by molar-refractivity contribution is 5.96. The average Bonchev–Trinajstić information content (AvgIpc) is 2.90. The van der Waals surface area contributed by atoms with E-state index in [2.05, 4.69) is 5.32 Å². The van der Waals surface area contributed by atoms with Crippen LogP contribution in [0.15, 0.2) is 30.3 Å². The van der Waals surface area contributed by atoms with Gasteiger partial charge in [0.15, 0.2) is 5.78 Å². The van der Waals surface area contributed by atoms with Crippen LogP contribution in [0, 0.1) is 0 Å². The van der Waals surface area contributed by atoms with Gasteiger partial charge in [0.1, 0.15) is 0 Å². The van der Waals surface area contributed by atoms with Crippen molar-refractivity contribution in [3.63, 3.8) is 0 Å². The zero-order valence-corrected chi connectivity index (χ0v) is 6.79. The molecule has 0 amide bonds. The Morgan fingerprint density at radius 1 is 1.42 bits per heavy atom. The van der Waals surface area contributed by atoms with Gasteiger partial charge in [-0.2, -0.15) is 0 Å². The molecule has 1 atom stereocenters. The lowest BCUT2D eigenvalue weighted by Gasteiger charge is -1.96. The fraction of sp³-hybridized carbons (Fsp3) is 0.300. The standard InChI is InChI=1S/C10H11NO/c12-10(6-9-7-11-9)8-4-2-1-3-5-8/h1-5,9,11H,6-7H2.